The van der Waals surface area contributed by atoms with Crippen molar-refractivity contribution in [1.82, 2.24) is 4.57 Å². The number of nitrogens with zero attached hydrogens (tertiary/aromatic N) is 2. The van der Waals surface area contributed by atoms with Crippen molar-refractivity contribution in [3.63, 3.8) is 0 Å². The van der Waals surface area contributed by atoms with Gasteiger partial charge in [-0.15, -0.1) is 11.3 Å². The Hall–Kier alpha value is -6.36. The molecule has 0 saturated carbocycles. The van der Waals surface area contributed by atoms with Crippen LogP contribution in [0.25, 0.3) is 80.4 Å². The third kappa shape index (κ3) is 3.97. The first-order chi connectivity index (χ1) is 24.8. The second kappa shape index (κ2) is 10.6. The van der Waals surface area contributed by atoms with Crippen LogP contribution in [0, 0.1) is 0 Å². The summed E-state index contributed by atoms with van der Waals surface area (Å²) in [6.07, 6.45) is 0. The van der Waals surface area contributed by atoms with Crippen LogP contribution in [-0.4, -0.2) is 4.57 Å². The predicted molar refractivity (Wildman–Crippen MR) is 213 cm³/mol. The number of furan rings is 1. The number of rotatable bonds is 4. The highest BCUT2D eigenvalue weighted by atomic mass is 32.1. The zero-order valence-electron chi connectivity index (χ0n) is 26.9. The molecule has 3 nitrogen and oxygen atoms in total. The molecular weight excluding hydrogens is 629 g/mol. The largest absolute Gasteiger partial charge is 0.455 e. The molecule has 11 aromatic rings. The van der Waals surface area contributed by atoms with Gasteiger partial charge in [-0.25, -0.2) is 0 Å². The molecule has 0 spiro atoms. The van der Waals surface area contributed by atoms with Crippen LogP contribution in [0.3, 0.4) is 0 Å². The van der Waals surface area contributed by atoms with Crippen LogP contribution in [0.2, 0.25) is 0 Å². The Labute approximate surface area is 291 Å². The predicted octanol–water partition coefficient (Wildman–Crippen LogP) is 13.7. The highest BCUT2D eigenvalue weighted by Gasteiger charge is 2.21. The summed E-state index contributed by atoms with van der Waals surface area (Å²) in [5, 5.41) is 9.56. The Bertz CT molecular complexity index is 3110. The second-order valence-corrected chi connectivity index (χ2v) is 14.0. The molecule has 0 radical (unpaired) electrons. The van der Waals surface area contributed by atoms with Crippen molar-refractivity contribution in [2.24, 2.45) is 0 Å². The van der Waals surface area contributed by atoms with Crippen molar-refractivity contribution < 1.29 is 4.42 Å². The summed E-state index contributed by atoms with van der Waals surface area (Å²) in [6.45, 7) is 0. The maximum Gasteiger partial charge on any atom is 0.143 e. The van der Waals surface area contributed by atoms with Crippen molar-refractivity contribution in [2.75, 3.05) is 4.90 Å². The lowest BCUT2D eigenvalue weighted by Gasteiger charge is -2.27. The first-order valence-electron chi connectivity index (χ1n) is 16.9. The van der Waals surface area contributed by atoms with Gasteiger partial charge in [-0.05, 0) is 72.8 Å². The van der Waals surface area contributed by atoms with E-state index in [1.54, 1.807) is 0 Å². The number of aromatic nitrogens is 1. The van der Waals surface area contributed by atoms with Gasteiger partial charge in [0.15, 0.2) is 0 Å². The molecule has 3 aromatic heterocycles. The molecule has 4 heteroatoms. The Morgan fingerprint density at radius 1 is 0.420 bits per heavy atom. The fraction of sp³-hybridized carbons (Fsp3) is 0. The lowest BCUT2D eigenvalue weighted by molar-refractivity contribution is 0.672. The van der Waals surface area contributed by atoms with Crippen molar-refractivity contribution >= 4 is 103 Å². The van der Waals surface area contributed by atoms with E-state index in [0.29, 0.717) is 0 Å². The van der Waals surface area contributed by atoms with Crippen molar-refractivity contribution in [3.8, 4) is 5.69 Å². The van der Waals surface area contributed by atoms with Crippen LogP contribution in [0.5, 0.6) is 0 Å². The monoisotopic (exact) mass is 656 g/mol. The number of benzene rings is 8. The molecule has 0 N–H and O–H groups in total. The van der Waals surface area contributed by atoms with Gasteiger partial charge in [0, 0.05) is 69.6 Å². The summed E-state index contributed by atoms with van der Waals surface area (Å²) < 4.78 is 11.5. The van der Waals surface area contributed by atoms with Crippen LogP contribution in [-0.2, 0) is 0 Å². The fourth-order valence-corrected chi connectivity index (χ4v) is 9.09. The molecule has 0 aliphatic rings. The zero-order valence-corrected chi connectivity index (χ0v) is 27.7. The lowest BCUT2D eigenvalue weighted by Crippen LogP contribution is -2.10. The normalized spacial score (nSPS) is 12.0. The summed E-state index contributed by atoms with van der Waals surface area (Å²) >= 11 is 1.85. The molecule has 0 aliphatic carbocycles. The summed E-state index contributed by atoms with van der Waals surface area (Å²) in [6, 6.07) is 61.3. The number of anilines is 3. The fourth-order valence-electron chi connectivity index (χ4n) is 7.95. The quantitative estimate of drug-likeness (QED) is 0.188. The van der Waals surface area contributed by atoms with E-state index in [0.717, 1.165) is 55.5 Å². The van der Waals surface area contributed by atoms with Gasteiger partial charge in [0.1, 0.15) is 11.2 Å². The second-order valence-electron chi connectivity index (χ2n) is 12.9. The van der Waals surface area contributed by atoms with Crippen LogP contribution >= 0.6 is 11.3 Å². The van der Waals surface area contributed by atoms with E-state index >= 15 is 0 Å². The first kappa shape index (κ1) is 27.6. The number of fused-ring (bicyclic) bond motifs is 11. The molecule has 3 heterocycles. The van der Waals surface area contributed by atoms with E-state index in [9.17, 15) is 0 Å². The lowest BCUT2D eigenvalue weighted by atomic mass is 10.0. The van der Waals surface area contributed by atoms with Gasteiger partial charge < -0.3 is 13.9 Å². The smallest absolute Gasteiger partial charge is 0.143 e. The van der Waals surface area contributed by atoms with Gasteiger partial charge in [-0.2, -0.15) is 0 Å². The van der Waals surface area contributed by atoms with Crippen LogP contribution in [0.4, 0.5) is 17.1 Å². The number of thiophene rings is 1. The third-order valence-corrected chi connectivity index (χ3v) is 11.3. The van der Waals surface area contributed by atoms with Crippen LogP contribution in [0.1, 0.15) is 0 Å². The highest BCUT2D eigenvalue weighted by molar-refractivity contribution is 7.25. The van der Waals surface area contributed by atoms with E-state index in [2.05, 4.69) is 173 Å². The molecule has 0 amide bonds. The van der Waals surface area contributed by atoms with Crippen LogP contribution in [0.15, 0.2) is 174 Å². The highest BCUT2D eigenvalue weighted by Crippen LogP contribution is 2.46. The van der Waals surface area contributed by atoms with E-state index in [1.807, 2.05) is 17.4 Å². The SMILES string of the molecule is c1ccc(-n2c3ccccc3c3cc(N(c4ccc5c(c4)sc4ccccc45)c4cccc5c4ccc4c6ccccc6oc54)ccc32)cc1. The summed E-state index contributed by atoms with van der Waals surface area (Å²) in [5.41, 5.74) is 8.70. The zero-order chi connectivity index (χ0) is 32.8. The van der Waals surface area contributed by atoms with Gasteiger partial charge in [0.25, 0.3) is 0 Å². The molecule has 0 bridgehead atoms. The molecule has 8 aromatic carbocycles. The molecule has 50 heavy (non-hydrogen) atoms. The van der Waals surface area contributed by atoms with Gasteiger partial charge in [-0.1, -0.05) is 97.1 Å². The molecule has 0 aliphatic heterocycles. The summed E-state index contributed by atoms with van der Waals surface area (Å²) in [7, 11) is 0. The third-order valence-electron chi connectivity index (χ3n) is 10.2. The Morgan fingerprint density at radius 2 is 1.06 bits per heavy atom. The van der Waals surface area contributed by atoms with E-state index in [-0.39, 0.29) is 0 Å². The molecule has 11 rings (SSSR count). The molecule has 0 saturated heterocycles. The van der Waals surface area contributed by atoms with Gasteiger partial charge in [0.2, 0.25) is 0 Å². The van der Waals surface area contributed by atoms with Crippen molar-refractivity contribution in [3.05, 3.63) is 170 Å². The van der Waals surface area contributed by atoms with Crippen molar-refractivity contribution in [2.45, 2.75) is 0 Å². The molecule has 0 atom stereocenters. The minimum absolute atomic E-state index is 0.910. The van der Waals surface area contributed by atoms with E-state index in [1.165, 1.54) is 42.0 Å². The molecule has 0 unspecified atom stereocenters. The topological polar surface area (TPSA) is 21.3 Å². The van der Waals surface area contributed by atoms with E-state index < -0.39 is 0 Å². The maximum absolute atomic E-state index is 6.53. The van der Waals surface area contributed by atoms with Gasteiger partial charge in [0.05, 0.1) is 16.7 Å². The van der Waals surface area contributed by atoms with Crippen LogP contribution < -0.4 is 4.90 Å². The number of para-hydroxylation sites is 3. The number of hydrogen-bond donors (Lipinski definition) is 0. The average molecular weight is 657 g/mol. The Balaban J connectivity index is 1.20. The van der Waals surface area contributed by atoms with Gasteiger partial charge >= 0.3 is 0 Å². The molecular formula is C46H28N2OS. The van der Waals surface area contributed by atoms with Gasteiger partial charge in [-0.3, -0.25) is 0 Å². The number of hydrogen-bond acceptors (Lipinski definition) is 3. The summed E-state index contributed by atoms with van der Waals surface area (Å²) in [5.74, 6) is 0. The standard InChI is InChI=1S/C46H28N2OS/c1-2-11-29(12-3-1)48-41-17-7-4-13-32(41)39-27-30(22-26-42(39)48)47(31-21-23-36-35-15-6-9-20-44(35)50-45(36)28-31)40-18-10-16-37-33(40)24-25-38-34-14-5-8-19-43(34)49-46(37)38/h1-28H. The minimum atomic E-state index is 0.910. The molecule has 234 valence electrons. The summed E-state index contributed by atoms with van der Waals surface area (Å²) in [4.78, 5) is 2.43. The minimum Gasteiger partial charge on any atom is -0.455 e. The molecule has 0 fully saturated rings. The van der Waals surface area contributed by atoms with E-state index in [4.69, 9.17) is 4.42 Å². The first-order valence-corrected chi connectivity index (χ1v) is 17.7. The van der Waals surface area contributed by atoms with Crippen molar-refractivity contribution in [1.29, 1.82) is 0 Å². The average Bonchev–Trinajstić information content (AvgIpc) is 3.85. The Kier molecular flexibility index (Phi) is 5.83. The Morgan fingerprint density at radius 3 is 1.98 bits per heavy atom. The maximum atomic E-state index is 6.53.